The molecule has 2 aromatic rings. The number of rotatable bonds is 2. The summed E-state index contributed by atoms with van der Waals surface area (Å²) in [5, 5.41) is 0. The second kappa shape index (κ2) is 4.13. The zero-order valence-electron chi connectivity index (χ0n) is 8.68. The SMILES string of the molecule is Cc1ccc(Cn2ccccc2=O)cc1. The van der Waals surface area contributed by atoms with Gasteiger partial charge in [-0.3, -0.25) is 4.79 Å². The van der Waals surface area contributed by atoms with Crippen LogP contribution in [0.3, 0.4) is 0 Å². The summed E-state index contributed by atoms with van der Waals surface area (Å²) in [4.78, 5) is 11.5. The lowest BCUT2D eigenvalue weighted by Gasteiger charge is -2.05. The van der Waals surface area contributed by atoms with E-state index in [-0.39, 0.29) is 5.56 Å². The molecule has 0 aliphatic rings. The molecule has 0 saturated carbocycles. The van der Waals surface area contributed by atoms with E-state index in [2.05, 4.69) is 31.2 Å². The molecule has 0 saturated heterocycles. The fourth-order valence-corrected chi connectivity index (χ4v) is 1.48. The molecular formula is C13H13NO. The summed E-state index contributed by atoms with van der Waals surface area (Å²) >= 11 is 0. The summed E-state index contributed by atoms with van der Waals surface area (Å²) in [6, 6.07) is 13.4. The minimum absolute atomic E-state index is 0.0399. The van der Waals surface area contributed by atoms with Crippen LogP contribution in [0.25, 0.3) is 0 Å². The summed E-state index contributed by atoms with van der Waals surface area (Å²) < 4.78 is 1.70. The first-order chi connectivity index (χ1) is 7.25. The molecule has 1 aromatic carbocycles. The summed E-state index contributed by atoms with van der Waals surface area (Å²) in [5.41, 5.74) is 2.42. The molecule has 1 heterocycles. The average Bonchev–Trinajstić information content (AvgIpc) is 2.25. The number of hydrogen-bond donors (Lipinski definition) is 0. The highest BCUT2D eigenvalue weighted by Crippen LogP contribution is 2.03. The van der Waals surface area contributed by atoms with Gasteiger partial charge in [0.25, 0.3) is 5.56 Å². The first-order valence-electron chi connectivity index (χ1n) is 4.97. The Bertz CT molecular complexity index is 496. The third-order valence-electron chi connectivity index (χ3n) is 2.37. The minimum Gasteiger partial charge on any atom is -0.311 e. The van der Waals surface area contributed by atoms with Crippen LogP contribution in [0, 0.1) is 6.92 Å². The molecule has 2 heteroatoms. The van der Waals surface area contributed by atoms with E-state index in [9.17, 15) is 4.79 Å². The first-order valence-corrected chi connectivity index (χ1v) is 4.97. The topological polar surface area (TPSA) is 22.0 Å². The molecule has 0 fully saturated rings. The van der Waals surface area contributed by atoms with Crippen LogP contribution in [0.5, 0.6) is 0 Å². The second-order valence-corrected chi connectivity index (χ2v) is 3.65. The predicted molar refractivity (Wildman–Crippen MR) is 61.0 cm³/mol. The summed E-state index contributed by atoms with van der Waals surface area (Å²) in [6.45, 7) is 2.69. The Balaban J connectivity index is 2.26. The van der Waals surface area contributed by atoms with E-state index < -0.39 is 0 Å². The van der Waals surface area contributed by atoms with E-state index in [0.29, 0.717) is 6.54 Å². The van der Waals surface area contributed by atoms with Crippen LogP contribution in [-0.2, 0) is 6.54 Å². The van der Waals surface area contributed by atoms with Gasteiger partial charge in [-0.1, -0.05) is 35.9 Å². The first kappa shape index (κ1) is 9.71. The van der Waals surface area contributed by atoms with Crippen molar-refractivity contribution in [2.24, 2.45) is 0 Å². The average molecular weight is 199 g/mol. The molecule has 0 amide bonds. The van der Waals surface area contributed by atoms with Crippen molar-refractivity contribution in [3.05, 3.63) is 70.1 Å². The molecule has 0 atom stereocenters. The van der Waals surface area contributed by atoms with E-state index in [1.54, 1.807) is 16.7 Å². The molecule has 0 spiro atoms. The molecule has 2 nitrogen and oxygen atoms in total. The smallest absolute Gasteiger partial charge is 0.250 e. The highest BCUT2D eigenvalue weighted by Gasteiger charge is 1.95. The Labute approximate surface area is 88.8 Å². The van der Waals surface area contributed by atoms with Gasteiger partial charge in [-0.05, 0) is 18.6 Å². The van der Waals surface area contributed by atoms with Gasteiger partial charge in [0.05, 0.1) is 6.54 Å². The fourth-order valence-electron chi connectivity index (χ4n) is 1.48. The molecule has 15 heavy (non-hydrogen) atoms. The minimum atomic E-state index is 0.0399. The maximum absolute atomic E-state index is 11.5. The Morgan fingerprint density at radius 1 is 1.07 bits per heavy atom. The van der Waals surface area contributed by atoms with Gasteiger partial charge in [0.15, 0.2) is 0 Å². The van der Waals surface area contributed by atoms with Crippen molar-refractivity contribution in [2.75, 3.05) is 0 Å². The van der Waals surface area contributed by atoms with Crippen LogP contribution < -0.4 is 5.56 Å². The Morgan fingerprint density at radius 3 is 2.47 bits per heavy atom. The maximum atomic E-state index is 11.5. The molecule has 2 rings (SSSR count). The molecule has 0 bridgehead atoms. The lowest BCUT2D eigenvalue weighted by atomic mass is 10.1. The van der Waals surface area contributed by atoms with Gasteiger partial charge in [0, 0.05) is 12.3 Å². The molecule has 0 aliphatic heterocycles. The van der Waals surface area contributed by atoms with E-state index in [0.717, 1.165) is 5.56 Å². The Morgan fingerprint density at radius 2 is 1.80 bits per heavy atom. The van der Waals surface area contributed by atoms with Crippen molar-refractivity contribution in [3.8, 4) is 0 Å². The molecule has 76 valence electrons. The molecule has 0 N–H and O–H groups in total. The zero-order chi connectivity index (χ0) is 10.7. The molecule has 1 aromatic heterocycles. The number of pyridine rings is 1. The van der Waals surface area contributed by atoms with Crippen LogP contribution in [0.2, 0.25) is 0 Å². The third kappa shape index (κ3) is 2.34. The molecule has 0 radical (unpaired) electrons. The van der Waals surface area contributed by atoms with Crippen LogP contribution in [0.1, 0.15) is 11.1 Å². The van der Waals surface area contributed by atoms with E-state index in [1.165, 1.54) is 5.56 Å². The maximum Gasteiger partial charge on any atom is 0.250 e. The van der Waals surface area contributed by atoms with Gasteiger partial charge >= 0.3 is 0 Å². The van der Waals surface area contributed by atoms with Gasteiger partial charge in [-0.2, -0.15) is 0 Å². The number of aromatic nitrogens is 1. The summed E-state index contributed by atoms with van der Waals surface area (Å²) in [7, 11) is 0. The Hall–Kier alpha value is -1.83. The largest absolute Gasteiger partial charge is 0.311 e. The number of hydrogen-bond acceptors (Lipinski definition) is 1. The van der Waals surface area contributed by atoms with Crippen molar-refractivity contribution in [2.45, 2.75) is 13.5 Å². The third-order valence-corrected chi connectivity index (χ3v) is 2.37. The Kier molecular flexibility index (Phi) is 2.68. The van der Waals surface area contributed by atoms with E-state index in [4.69, 9.17) is 0 Å². The fraction of sp³-hybridized carbons (Fsp3) is 0.154. The second-order valence-electron chi connectivity index (χ2n) is 3.65. The number of nitrogens with zero attached hydrogens (tertiary/aromatic N) is 1. The highest BCUT2D eigenvalue weighted by atomic mass is 16.1. The van der Waals surface area contributed by atoms with Gasteiger partial charge in [0.2, 0.25) is 0 Å². The van der Waals surface area contributed by atoms with Crippen LogP contribution in [0.4, 0.5) is 0 Å². The predicted octanol–water partition coefficient (Wildman–Crippen LogP) is 2.21. The van der Waals surface area contributed by atoms with E-state index in [1.807, 2.05) is 12.3 Å². The summed E-state index contributed by atoms with van der Waals surface area (Å²) in [6.07, 6.45) is 1.81. The number of aryl methyl sites for hydroxylation is 1. The molecular weight excluding hydrogens is 186 g/mol. The summed E-state index contributed by atoms with van der Waals surface area (Å²) in [5.74, 6) is 0. The van der Waals surface area contributed by atoms with Crippen molar-refractivity contribution >= 4 is 0 Å². The van der Waals surface area contributed by atoms with Crippen LogP contribution in [-0.4, -0.2) is 4.57 Å². The van der Waals surface area contributed by atoms with Gasteiger partial charge in [-0.15, -0.1) is 0 Å². The molecule has 0 unspecified atom stereocenters. The zero-order valence-corrected chi connectivity index (χ0v) is 8.68. The van der Waals surface area contributed by atoms with Crippen LogP contribution in [0.15, 0.2) is 53.5 Å². The lowest BCUT2D eigenvalue weighted by molar-refractivity contribution is 0.759. The van der Waals surface area contributed by atoms with E-state index >= 15 is 0 Å². The lowest BCUT2D eigenvalue weighted by Crippen LogP contribution is -2.18. The van der Waals surface area contributed by atoms with Crippen LogP contribution >= 0.6 is 0 Å². The number of benzene rings is 1. The normalized spacial score (nSPS) is 10.2. The quantitative estimate of drug-likeness (QED) is 0.726. The van der Waals surface area contributed by atoms with Crippen molar-refractivity contribution < 1.29 is 0 Å². The van der Waals surface area contributed by atoms with Crippen molar-refractivity contribution in [1.29, 1.82) is 0 Å². The standard InChI is InChI=1S/C13H13NO/c1-11-5-7-12(8-6-11)10-14-9-3-2-4-13(14)15/h2-9H,10H2,1H3. The van der Waals surface area contributed by atoms with Gasteiger partial charge in [0.1, 0.15) is 0 Å². The monoisotopic (exact) mass is 199 g/mol. The van der Waals surface area contributed by atoms with Gasteiger partial charge in [-0.25, -0.2) is 0 Å². The van der Waals surface area contributed by atoms with Gasteiger partial charge < -0.3 is 4.57 Å². The highest BCUT2D eigenvalue weighted by molar-refractivity contribution is 5.21. The van der Waals surface area contributed by atoms with Crippen molar-refractivity contribution in [3.63, 3.8) is 0 Å². The molecule has 0 aliphatic carbocycles. The van der Waals surface area contributed by atoms with Crippen molar-refractivity contribution in [1.82, 2.24) is 4.57 Å².